The molecule has 0 saturated carbocycles. The van der Waals surface area contributed by atoms with Crippen molar-refractivity contribution < 1.29 is 9.90 Å². The molecule has 0 aliphatic rings. The zero-order valence-corrected chi connectivity index (χ0v) is 13.9. The first-order valence-electron chi connectivity index (χ1n) is 7.80. The summed E-state index contributed by atoms with van der Waals surface area (Å²) in [7, 11) is 0. The Bertz CT molecular complexity index is 631. The molecule has 1 heterocycles. The highest BCUT2D eigenvalue weighted by Gasteiger charge is 2.15. The molecule has 122 valence electrons. The van der Waals surface area contributed by atoms with E-state index in [4.69, 9.17) is 0 Å². The largest absolute Gasteiger partial charge is 0.387 e. The van der Waals surface area contributed by atoms with Crippen LogP contribution in [0.1, 0.15) is 43.6 Å². The fraction of sp³-hybridized carbons (Fsp3) is 0.368. The lowest BCUT2D eigenvalue weighted by atomic mass is 9.86. The van der Waals surface area contributed by atoms with E-state index in [9.17, 15) is 9.90 Å². The molecule has 4 heteroatoms. The van der Waals surface area contributed by atoms with Crippen LogP contribution in [0.5, 0.6) is 0 Å². The molecule has 0 fully saturated rings. The van der Waals surface area contributed by atoms with Gasteiger partial charge in [0.05, 0.1) is 12.5 Å². The maximum absolute atomic E-state index is 11.9. The standard InChI is InChI=1S/C19H24N2O2/c1-19(2,3)16-8-6-15(7-9-16)17(22)13-21-18(23)11-14-5-4-10-20-12-14/h4-10,12,17,22H,11,13H2,1-3H3,(H,21,23). The SMILES string of the molecule is CC(C)(C)c1ccc(C(O)CNC(=O)Cc2cccnc2)cc1. The quantitative estimate of drug-likeness (QED) is 0.892. The number of carbonyl (C=O) groups excluding carboxylic acids is 1. The van der Waals surface area contributed by atoms with Crippen molar-refractivity contribution in [3.63, 3.8) is 0 Å². The molecule has 2 N–H and O–H groups in total. The highest BCUT2D eigenvalue weighted by molar-refractivity contribution is 5.78. The lowest BCUT2D eigenvalue weighted by molar-refractivity contribution is -0.120. The van der Waals surface area contributed by atoms with Crippen LogP contribution in [0.4, 0.5) is 0 Å². The number of carbonyl (C=O) groups is 1. The molecule has 1 aromatic heterocycles. The number of aliphatic hydroxyl groups excluding tert-OH is 1. The number of hydrogen-bond acceptors (Lipinski definition) is 3. The van der Waals surface area contributed by atoms with E-state index in [0.29, 0.717) is 0 Å². The maximum Gasteiger partial charge on any atom is 0.224 e. The van der Waals surface area contributed by atoms with Gasteiger partial charge in [-0.25, -0.2) is 0 Å². The fourth-order valence-electron chi connectivity index (χ4n) is 2.28. The summed E-state index contributed by atoms with van der Waals surface area (Å²) >= 11 is 0. The lowest BCUT2D eigenvalue weighted by Crippen LogP contribution is -2.29. The number of amides is 1. The fourth-order valence-corrected chi connectivity index (χ4v) is 2.28. The molecule has 0 aliphatic heterocycles. The Kier molecular flexibility index (Phi) is 5.50. The van der Waals surface area contributed by atoms with Crippen molar-refractivity contribution in [1.82, 2.24) is 10.3 Å². The minimum atomic E-state index is -0.707. The smallest absolute Gasteiger partial charge is 0.224 e. The predicted octanol–water partition coefficient (Wildman–Crippen LogP) is 2.77. The van der Waals surface area contributed by atoms with Gasteiger partial charge in [-0.15, -0.1) is 0 Å². The van der Waals surface area contributed by atoms with E-state index in [0.717, 1.165) is 11.1 Å². The topological polar surface area (TPSA) is 62.2 Å². The zero-order valence-electron chi connectivity index (χ0n) is 13.9. The van der Waals surface area contributed by atoms with Gasteiger partial charge >= 0.3 is 0 Å². The lowest BCUT2D eigenvalue weighted by Gasteiger charge is -2.20. The number of benzene rings is 1. The van der Waals surface area contributed by atoms with Crippen LogP contribution in [0.15, 0.2) is 48.8 Å². The maximum atomic E-state index is 11.9. The number of hydrogen-bond donors (Lipinski definition) is 2. The van der Waals surface area contributed by atoms with Crippen molar-refractivity contribution >= 4 is 5.91 Å². The van der Waals surface area contributed by atoms with E-state index in [1.165, 1.54) is 5.56 Å². The third kappa shape index (κ3) is 5.18. The minimum Gasteiger partial charge on any atom is -0.387 e. The van der Waals surface area contributed by atoms with E-state index in [1.54, 1.807) is 18.5 Å². The van der Waals surface area contributed by atoms with Crippen molar-refractivity contribution in [2.75, 3.05) is 6.54 Å². The van der Waals surface area contributed by atoms with Crippen molar-refractivity contribution in [3.05, 3.63) is 65.5 Å². The average molecular weight is 312 g/mol. The molecule has 0 spiro atoms. The Morgan fingerprint density at radius 2 is 1.91 bits per heavy atom. The minimum absolute atomic E-state index is 0.0847. The van der Waals surface area contributed by atoms with Gasteiger partial charge in [0.2, 0.25) is 5.91 Å². The van der Waals surface area contributed by atoms with E-state index >= 15 is 0 Å². The van der Waals surface area contributed by atoms with Crippen molar-refractivity contribution in [2.24, 2.45) is 0 Å². The first kappa shape index (κ1) is 17.2. The second kappa shape index (κ2) is 7.38. The van der Waals surface area contributed by atoms with Gasteiger partial charge in [-0.3, -0.25) is 9.78 Å². The highest BCUT2D eigenvalue weighted by Crippen LogP contribution is 2.23. The molecule has 1 atom stereocenters. The Morgan fingerprint density at radius 3 is 2.48 bits per heavy atom. The molecule has 1 amide bonds. The molecule has 0 radical (unpaired) electrons. The number of pyridine rings is 1. The van der Waals surface area contributed by atoms with Gasteiger partial charge in [0.25, 0.3) is 0 Å². The normalized spacial score (nSPS) is 12.7. The number of nitrogens with zero attached hydrogens (tertiary/aromatic N) is 1. The number of aromatic nitrogens is 1. The number of nitrogens with one attached hydrogen (secondary N) is 1. The summed E-state index contributed by atoms with van der Waals surface area (Å²) in [5, 5.41) is 13.0. The molecule has 0 saturated heterocycles. The second-order valence-electron chi connectivity index (χ2n) is 6.73. The van der Waals surface area contributed by atoms with Gasteiger partial charge in [0.15, 0.2) is 0 Å². The van der Waals surface area contributed by atoms with Crippen LogP contribution < -0.4 is 5.32 Å². The van der Waals surface area contributed by atoms with Crippen molar-refractivity contribution in [1.29, 1.82) is 0 Å². The van der Waals surface area contributed by atoms with E-state index in [1.807, 2.05) is 30.3 Å². The molecule has 1 unspecified atom stereocenters. The second-order valence-corrected chi connectivity index (χ2v) is 6.73. The van der Waals surface area contributed by atoms with Crippen LogP contribution in [0.25, 0.3) is 0 Å². The van der Waals surface area contributed by atoms with Crippen LogP contribution in [0.3, 0.4) is 0 Å². The molecule has 2 rings (SSSR count). The summed E-state index contributed by atoms with van der Waals surface area (Å²) < 4.78 is 0. The molecule has 2 aromatic rings. The van der Waals surface area contributed by atoms with Crippen LogP contribution in [0.2, 0.25) is 0 Å². The molecular formula is C19H24N2O2. The van der Waals surface area contributed by atoms with Crippen LogP contribution >= 0.6 is 0 Å². The van der Waals surface area contributed by atoms with Gasteiger partial charge in [0, 0.05) is 18.9 Å². The van der Waals surface area contributed by atoms with Gasteiger partial charge in [-0.05, 0) is 28.2 Å². The Morgan fingerprint density at radius 1 is 1.22 bits per heavy atom. The van der Waals surface area contributed by atoms with Crippen molar-refractivity contribution in [3.8, 4) is 0 Å². The third-order valence-electron chi connectivity index (χ3n) is 3.74. The first-order chi connectivity index (χ1) is 10.9. The first-order valence-corrected chi connectivity index (χ1v) is 7.80. The number of rotatable bonds is 5. The third-order valence-corrected chi connectivity index (χ3v) is 3.74. The summed E-state index contributed by atoms with van der Waals surface area (Å²) in [4.78, 5) is 15.9. The van der Waals surface area contributed by atoms with Gasteiger partial charge in [-0.1, -0.05) is 51.1 Å². The van der Waals surface area contributed by atoms with Gasteiger partial charge in [-0.2, -0.15) is 0 Å². The molecule has 23 heavy (non-hydrogen) atoms. The monoisotopic (exact) mass is 312 g/mol. The Labute approximate surface area is 137 Å². The van der Waals surface area contributed by atoms with Gasteiger partial charge < -0.3 is 10.4 Å². The van der Waals surface area contributed by atoms with Crippen LogP contribution in [-0.4, -0.2) is 22.5 Å². The molecule has 0 bridgehead atoms. The highest BCUT2D eigenvalue weighted by atomic mass is 16.3. The molecule has 4 nitrogen and oxygen atoms in total. The van der Waals surface area contributed by atoms with Crippen LogP contribution in [-0.2, 0) is 16.6 Å². The summed E-state index contributed by atoms with van der Waals surface area (Å²) in [6.45, 7) is 6.65. The molecule has 0 aliphatic carbocycles. The Hall–Kier alpha value is -2.20. The zero-order chi connectivity index (χ0) is 16.9. The van der Waals surface area contributed by atoms with Crippen molar-refractivity contribution in [2.45, 2.75) is 38.7 Å². The van der Waals surface area contributed by atoms with Crippen LogP contribution in [0, 0.1) is 0 Å². The van der Waals surface area contributed by atoms with E-state index in [-0.39, 0.29) is 24.3 Å². The molecule has 1 aromatic carbocycles. The van der Waals surface area contributed by atoms with Gasteiger partial charge in [0.1, 0.15) is 0 Å². The van der Waals surface area contributed by atoms with E-state index in [2.05, 4.69) is 31.1 Å². The summed E-state index contributed by atoms with van der Waals surface area (Å²) in [6.07, 6.45) is 2.90. The summed E-state index contributed by atoms with van der Waals surface area (Å²) in [6, 6.07) is 11.5. The summed E-state index contributed by atoms with van der Waals surface area (Å²) in [5.41, 5.74) is 2.96. The average Bonchev–Trinajstić information content (AvgIpc) is 2.53. The molecular weight excluding hydrogens is 288 g/mol. The van der Waals surface area contributed by atoms with E-state index < -0.39 is 6.10 Å². The summed E-state index contributed by atoms with van der Waals surface area (Å²) in [5.74, 6) is -0.122. The Balaban J connectivity index is 1.87. The predicted molar refractivity (Wildman–Crippen MR) is 91.1 cm³/mol. The number of aliphatic hydroxyl groups is 1.